The normalized spacial score (nSPS) is 15.1. The van der Waals surface area contributed by atoms with Crippen molar-refractivity contribution in [1.29, 1.82) is 0 Å². The minimum absolute atomic E-state index is 0.0294. The highest BCUT2D eigenvalue weighted by Gasteiger charge is 2.35. The first-order valence-corrected chi connectivity index (χ1v) is 33.7. The fourth-order valence-corrected chi connectivity index (χ4v) is 14.1. The second-order valence-electron chi connectivity index (χ2n) is 24.7. The van der Waals surface area contributed by atoms with E-state index in [-0.39, 0.29) is 29.5 Å². The highest BCUT2D eigenvalue weighted by molar-refractivity contribution is 5.95. The van der Waals surface area contributed by atoms with E-state index in [1.807, 2.05) is 34.1 Å². The Hall–Kier alpha value is -11.4. The number of nitrogens with zero attached hydrogens (tertiary/aromatic N) is 5. The van der Waals surface area contributed by atoms with Crippen LogP contribution >= 0.6 is 0 Å². The van der Waals surface area contributed by atoms with Gasteiger partial charge in [-0.15, -0.1) is 0 Å². The molecule has 3 atom stereocenters. The fourth-order valence-electron chi connectivity index (χ4n) is 14.1. The minimum atomic E-state index is -0.919. The molecule has 19 heteroatoms. The topological polar surface area (TPSA) is 231 Å². The molecule has 0 radical (unpaired) electrons. The first-order valence-electron chi connectivity index (χ1n) is 33.7. The van der Waals surface area contributed by atoms with Crippen molar-refractivity contribution in [2.45, 2.75) is 75.9 Å². The van der Waals surface area contributed by atoms with Gasteiger partial charge < -0.3 is 63.6 Å². The van der Waals surface area contributed by atoms with Gasteiger partial charge in [0.2, 0.25) is 0 Å². The third-order valence-electron chi connectivity index (χ3n) is 19.2. The molecule has 5 N–H and O–H groups in total. The van der Waals surface area contributed by atoms with E-state index in [9.17, 15) is 14.4 Å². The maximum absolute atomic E-state index is 13.5. The number of benzene rings is 6. The average molecular weight is 1340 g/mol. The number of aromatic carboxylic acids is 1. The van der Waals surface area contributed by atoms with Crippen molar-refractivity contribution in [2.75, 3.05) is 62.3 Å². The highest BCUT2D eigenvalue weighted by atomic mass is 16.5. The van der Waals surface area contributed by atoms with Gasteiger partial charge in [-0.05, 0) is 205 Å². The Balaban J connectivity index is 0.000000135. The Kier molecular flexibility index (Phi) is 22.1. The number of aryl methyl sites for hydroxylation is 3. The number of carbonyl (C=O) groups is 3. The van der Waals surface area contributed by atoms with Crippen LogP contribution in [-0.4, -0.2) is 125 Å². The number of carboxylic acid groups (broad SMARTS) is 1. The molecule has 0 aliphatic carbocycles. The van der Waals surface area contributed by atoms with E-state index in [0.717, 1.165) is 109 Å². The summed E-state index contributed by atoms with van der Waals surface area (Å²) in [5.74, 6) is 3.58. The van der Waals surface area contributed by atoms with Gasteiger partial charge in [0, 0.05) is 119 Å². The van der Waals surface area contributed by atoms with E-state index in [2.05, 4.69) is 139 Å². The third-order valence-corrected chi connectivity index (χ3v) is 19.2. The molecule has 3 aliphatic rings. The molecule has 100 heavy (non-hydrogen) atoms. The summed E-state index contributed by atoms with van der Waals surface area (Å²) in [6.07, 6.45) is 23.9. The van der Waals surface area contributed by atoms with Crippen LogP contribution in [0.3, 0.4) is 0 Å². The van der Waals surface area contributed by atoms with E-state index in [4.69, 9.17) is 33.5 Å². The molecular weight excluding hydrogens is 1260 g/mol. The summed E-state index contributed by atoms with van der Waals surface area (Å²) >= 11 is 0. The molecule has 9 heterocycles. The van der Waals surface area contributed by atoms with Crippen LogP contribution in [0.2, 0.25) is 0 Å². The van der Waals surface area contributed by atoms with Gasteiger partial charge in [-0.3, -0.25) is 24.5 Å². The van der Waals surface area contributed by atoms with Crippen LogP contribution in [0.15, 0.2) is 201 Å². The number of carboxylic acids is 1. The van der Waals surface area contributed by atoms with Crippen molar-refractivity contribution in [1.82, 2.24) is 45.0 Å². The lowest BCUT2D eigenvalue weighted by Crippen LogP contribution is -2.40. The van der Waals surface area contributed by atoms with E-state index in [1.54, 1.807) is 91.7 Å². The molecule has 6 aromatic heterocycles. The van der Waals surface area contributed by atoms with Crippen molar-refractivity contribution in [3.63, 3.8) is 0 Å². The van der Waals surface area contributed by atoms with Crippen LogP contribution in [0, 0.1) is 0 Å². The van der Waals surface area contributed by atoms with Gasteiger partial charge in [-0.25, -0.2) is 4.79 Å². The van der Waals surface area contributed by atoms with Gasteiger partial charge in [0.1, 0.15) is 0 Å². The van der Waals surface area contributed by atoms with E-state index in [1.165, 1.54) is 85.1 Å². The number of carbonyl (C=O) groups excluding carboxylic acids is 2. The average Bonchev–Trinajstić information content (AvgIpc) is 0.923. The molecule has 512 valence electrons. The molecule has 6 aromatic carbocycles. The number of pyridine rings is 3. The molecule has 3 unspecified atom stereocenters. The van der Waals surface area contributed by atoms with E-state index in [0.29, 0.717) is 41.8 Å². The second kappa shape index (κ2) is 32.3. The molecule has 0 bridgehead atoms. The van der Waals surface area contributed by atoms with Crippen molar-refractivity contribution in [2.24, 2.45) is 0 Å². The number of rotatable bonds is 18. The van der Waals surface area contributed by atoms with Crippen LogP contribution in [0.4, 0.5) is 0 Å². The zero-order chi connectivity index (χ0) is 69.5. The Morgan fingerprint density at radius 1 is 0.420 bits per heavy atom. The van der Waals surface area contributed by atoms with Gasteiger partial charge in [0.15, 0.2) is 34.5 Å². The quantitative estimate of drug-likeness (QED) is 0.0538. The van der Waals surface area contributed by atoms with Crippen molar-refractivity contribution in [3.8, 4) is 34.5 Å². The summed E-state index contributed by atoms with van der Waals surface area (Å²) in [7, 11) is 9.99. The lowest BCUT2D eigenvalue weighted by atomic mass is 9.88. The number of nitrogens with one attached hydrogen (secondary N) is 4. The van der Waals surface area contributed by atoms with Crippen molar-refractivity contribution < 1.29 is 47.9 Å². The summed E-state index contributed by atoms with van der Waals surface area (Å²) < 4.78 is 33.2. The number of amides is 2. The molecule has 3 aliphatic heterocycles. The predicted molar refractivity (Wildman–Crippen MR) is 388 cm³/mol. The predicted octanol–water partition coefficient (Wildman–Crippen LogP) is 14.7. The van der Waals surface area contributed by atoms with Crippen LogP contribution in [-0.2, 0) is 38.5 Å². The van der Waals surface area contributed by atoms with Gasteiger partial charge in [-0.2, -0.15) is 0 Å². The Labute approximate surface area is 581 Å². The lowest BCUT2D eigenvalue weighted by molar-refractivity contribution is 0.0642. The summed E-state index contributed by atoms with van der Waals surface area (Å²) in [4.78, 5) is 63.1. The molecule has 2 amide bonds. The minimum Gasteiger partial charge on any atom is -0.493 e. The number of aromatic amines is 3. The molecule has 15 rings (SSSR count). The maximum Gasteiger partial charge on any atom is 0.335 e. The van der Waals surface area contributed by atoms with Gasteiger partial charge in [0.05, 0.1) is 60.3 Å². The lowest BCUT2D eigenvalue weighted by Gasteiger charge is -2.38. The van der Waals surface area contributed by atoms with Crippen molar-refractivity contribution in [3.05, 3.63) is 268 Å². The van der Waals surface area contributed by atoms with Crippen LogP contribution in [0.1, 0.15) is 119 Å². The SMILES string of the molecule is COc1cc2c(cc1OC)C(CCc1c[nH]c3ccccc13)N(C(=O)c1ccncc1)CC2.COc1cc2c(cc1OC)C(CCc1c[nH]c3ccccc13)N(C(=O)c1ccncc1)CC2.COc1cc2c(cc1OC)C(CCc1c[nH]c3ccccc13)NCC2.O=C(O)c1ccncc1. The fraction of sp³-hybridized carbons (Fsp3) is 0.259. The number of H-pyrrole nitrogens is 3. The summed E-state index contributed by atoms with van der Waals surface area (Å²) in [6, 6.07) is 47.8. The number of aromatic nitrogens is 6. The largest absolute Gasteiger partial charge is 0.493 e. The van der Waals surface area contributed by atoms with Crippen LogP contribution < -0.4 is 33.7 Å². The number of methoxy groups -OCH3 is 6. The first kappa shape index (κ1) is 68.5. The monoisotopic (exact) mass is 1340 g/mol. The molecule has 12 aromatic rings. The standard InChI is InChI=1S/2C27H27N3O3.C21H24N2O2.C6H5NO2/c2*1-32-25-15-19-11-14-30(27(31)18-9-12-28-13-10-18)24(22(19)16-26(25)33-2)8-7-20-17-29-23-6-4-3-5-21(20)23;1-24-20-11-14-9-10-22-19(17(14)12-21(20)25-2)8-7-15-13-23-18-6-4-3-5-16(15)18;8-6(9)5-1-3-7-4-2-5/h2*3-6,9-10,12-13,15-17,24,29H,7-8,11,14H2,1-2H3;3-6,11-13,19,22-23H,7-10H2,1-2H3;1-4H,(H,8,9). The third kappa shape index (κ3) is 15.3. The van der Waals surface area contributed by atoms with E-state index >= 15 is 0 Å². The zero-order valence-corrected chi connectivity index (χ0v) is 57.1. The molecule has 0 saturated heterocycles. The Morgan fingerprint density at radius 2 is 0.750 bits per heavy atom. The number of ether oxygens (including phenoxy) is 6. The number of hydrogen-bond acceptors (Lipinski definition) is 13. The zero-order valence-electron chi connectivity index (χ0n) is 57.1. The summed E-state index contributed by atoms with van der Waals surface area (Å²) in [6.45, 7) is 2.31. The molecular formula is C81H83N9O10. The Bertz CT molecular complexity index is 4570. The highest BCUT2D eigenvalue weighted by Crippen LogP contribution is 2.44. The number of fused-ring (bicyclic) bond motifs is 6. The van der Waals surface area contributed by atoms with Gasteiger partial charge in [0.25, 0.3) is 11.8 Å². The van der Waals surface area contributed by atoms with E-state index < -0.39 is 5.97 Å². The molecule has 0 spiro atoms. The smallest absolute Gasteiger partial charge is 0.335 e. The maximum atomic E-state index is 13.5. The summed E-state index contributed by atoms with van der Waals surface area (Å²) in [5.41, 5.74) is 16.3. The second-order valence-corrected chi connectivity index (χ2v) is 24.7. The number of para-hydroxylation sites is 3. The molecule has 19 nitrogen and oxygen atoms in total. The van der Waals surface area contributed by atoms with Gasteiger partial charge >= 0.3 is 5.97 Å². The van der Waals surface area contributed by atoms with Crippen LogP contribution in [0.25, 0.3) is 32.7 Å². The number of hydrogen-bond donors (Lipinski definition) is 5. The summed E-state index contributed by atoms with van der Waals surface area (Å²) in [5, 5.41) is 15.8. The Morgan fingerprint density at radius 3 is 1.11 bits per heavy atom. The van der Waals surface area contributed by atoms with Gasteiger partial charge in [-0.1, -0.05) is 54.6 Å². The van der Waals surface area contributed by atoms with Crippen LogP contribution in [0.5, 0.6) is 34.5 Å². The van der Waals surface area contributed by atoms with Crippen molar-refractivity contribution >= 4 is 50.5 Å². The first-order chi connectivity index (χ1) is 49.0. The molecule has 0 fully saturated rings. The molecule has 0 saturated carbocycles.